The molecule has 0 aliphatic carbocycles. The zero-order valence-corrected chi connectivity index (χ0v) is 6.69. The van der Waals surface area contributed by atoms with E-state index in [-0.39, 0.29) is 6.04 Å². The summed E-state index contributed by atoms with van der Waals surface area (Å²) in [5.74, 6) is 0. The summed E-state index contributed by atoms with van der Waals surface area (Å²) in [6, 6.07) is 1.80. The fourth-order valence-electron chi connectivity index (χ4n) is 0.769. The molecule has 1 aromatic rings. The topological polar surface area (TPSA) is 46.2 Å². The molecule has 0 saturated heterocycles. The standard InChI is InChI=1S/C7H11NOS/c1-2-6(8)5-3-7(9)10-4-5/h3-4,6,9H,2,8H2,1H3/t6-/m0/s1. The number of rotatable bonds is 2. The highest BCUT2D eigenvalue weighted by atomic mass is 32.1. The van der Waals surface area contributed by atoms with Crippen molar-refractivity contribution in [2.75, 3.05) is 0 Å². The van der Waals surface area contributed by atoms with Gasteiger partial charge in [0.1, 0.15) is 0 Å². The highest BCUT2D eigenvalue weighted by molar-refractivity contribution is 7.11. The zero-order chi connectivity index (χ0) is 7.56. The predicted molar refractivity (Wildman–Crippen MR) is 43.2 cm³/mol. The second-order valence-electron chi connectivity index (χ2n) is 2.23. The Kier molecular flexibility index (Phi) is 2.29. The van der Waals surface area contributed by atoms with Gasteiger partial charge < -0.3 is 10.8 Å². The van der Waals surface area contributed by atoms with Gasteiger partial charge in [-0.15, -0.1) is 11.3 Å². The van der Waals surface area contributed by atoms with Crippen molar-refractivity contribution in [3.63, 3.8) is 0 Å². The molecule has 1 atom stereocenters. The van der Waals surface area contributed by atoms with Crippen LogP contribution in [-0.4, -0.2) is 5.11 Å². The summed E-state index contributed by atoms with van der Waals surface area (Å²) in [4.78, 5) is 0. The highest BCUT2D eigenvalue weighted by Gasteiger charge is 2.04. The van der Waals surface area contributed by atoms with Crippen molar-refractivity contribution in [2.45, 2.75) is 19.4 Å². The van der Waals surface area contributed by atoms with Gasteiger partial charge in [-0.25, -0.2) is 0 Å². The number of nitrogens with two attached hydrogens (primary N) is 1. The molecular weight excluding hydrogens is 146 g/mol. The van der Waals surface area contributed by atoms with Crippen molar-refractivity contribution in [1.82, 2.24) is 0 Å². The Balaban J connectivity index is 2.74. The predicted octanol–water partition coefficient (Wildman–Crippen LogP) is 1.86. The molecular formula is C7H11NOS. The lowest BCUT2D eigenvalue weighted by Gasteiger charge is -2.03. The van der Waals surface area contributed by atoms with Crippen LogP contribution in [0.25, 0.3) is 0 Å². The fourth-order valence-corrected chi connectivity index (χ4v) is 1.47. The van der Waals surface area contributed by atoms with Crippen LogP contribution in [0.1, 0.15) is 24.9 Å². The Morgan fingerprint density at radius 3 is 2.90 bits per heavy atom. The van der Waals surface area contributed by atoms with Gasteiger partial charge in [-0.2, -0.15) is 0 Å². The van der Waals surface area contributed by atoms with Crippen LogP contribution >= 0.6 is 11.3 Å². The zero-order valence-electron chi connectivity index (χ0n) is 5.87. The lowest BCUT2D eigenvalue weighted by atomic mass is 10.1. The molecule has 0 saturated carbocycles. The average Bonchev–Trinajstić information content (AvgIpc) is 2.34. The maximum atomic E-state index is 8.96. The Labute approximate surface area is 64.3 Å². The van der Waals surface area contributed by atoms with E-state index in [1.54, 1.807) is 6.07 Å². The van der Waals surface area contributed by atoms with Crippen molar-refractivity contribution in [3.8, 4) is 5.06 Å². The number of thiophene rings is 1. The molecule has 0 amide bonds. The van der Waals surface area contributed by atoms with Crippen LogP contribution in [-0.2, 0) is 0 Å². The lowest BCUT2D eigenvalue weighted by Crippen LogP contribution is -2.06. The first-order valence-electron chi connectivity index (χ1n) is 3.27. The number of hydrogen-bond donors (Lipinski definition) is 2. The molecule has 10 heavy (non-hydrogen) atoms. The molecule has 1 heterocycles. The molecule has 0 fully saturated rings. The summed E-state index contributed by atoms with van der Waals surface area (Å²) >= 11 is 1.32. The van der Waals surface area contributed by atoms with Gasteiger partial charge in [0.15, 0.2) is 5.06 Å². The molecule has 2 nitrogen and oxygen atoms in total. The molecule has 0 aliphatic rings. The lowest BCUT2D eigenvalue weighted by molar-refractivity contribution is 0.490. The molecule has 0 unspecified atom stereocenters. The maximum Gasteiger partial charge on any atom is 0.171 e. The van der Waals surface area contributed by atoms with Gasteiger partial charge in [-0.3, -0.25) is 0 Å². The second kappa shape index (κ2) is 3.03. The van der Waals surface area contributed by atoms with Crippen molar-refractivity contribution in [1.29, 1.82) is 0 Å². The Morgan fingerprint density at radius 1 is 1.80 bits per heavy atom. The van der Waals surface area contributed by atoms with Gasteiger partial charge in [0.05, 0.1) is 0 Å². The molecule has 0 spiro atoms. The normalized spacial score (nSPS) is 13.4. The minimum Gasteiger partial charge on any atom is -0.499 e. The Hall–Kier alpha value is -0.540. The SMILES string of the molecule is CC[C@H](N)c1csc(O)c1. The smallest absolute Gasteiger partial charge is 0.171 e. The molecule has 0 aliphatic heterocycles. The van der Waals surface area contributed by atoms with Crippen LogP contribution in [0.2, 0.25) is 0 Å². The summed E-state index contributed by atoms with van der Waals surface area (Å²) in [5.41, 5.74) is 6.74. The summed E-state index contributed by atoms with van der Waals surface area (Å²) in [7, 11) is 0. The van der Waals surface area contributed by atoms with E-state index in [2.05, 4.69) is 0 Å². The van der Waals surface area contributed by atoms with Crippen molar-refractivity contribution in [3.05, 3.63) is 17.0 Å². The fraction of sp³-hybridized carbons (Fsp3) is 0.429. The van der Waals surface area contributed by atoms with Crippen LogP contribution in [0, 0.1) is 0 Å². The molecule has 0 bridgehead atoms. The van der Waals surface area contributed by atoms with Crippen molar-refractivity contribution in [2.24, 2.45) is 5.73 Å². The van der Waals surface area contributed by atoms with Crippen LogP contribution in [0.4, 0.5) is 0 Å². The maximum absolute atomic E-state index is 8.96. The average molecular weight is 157 g/mol. The molecule has 1 aromatic heterocycles. The highest BCUT2D eigenvalue weighted by Crippen LogP contribution is 2.25. The van der Waals surface area contributed by atoms with E-state index >= 15 is 0 Å². The third kappa shape index (κ3) is 1.49. The third-order valence-electron chi connectivity index (χ3n) is 1.47. The summed E-state index contributed by atoms with van der Waals surface area (Å²) in [6.45, 7) is 2.03. The molecule has 3 heteroatoms. The Morgan fingerprint density at radius 2 is 2.50 bits per heavy atom. The van der Waals surface area contributed by atoms with Gasteiger partial charge in [-0.05, 0) is 23.4 Å². The van der Waals surface area contributed by atoms with E-state index in [0.29, 0.717) is 5.06 Å². The Bertz CT molecular complexity index is 209. The summed E-state index contributed by atoms with van der Waals surface area (Å²) in [6.07, 6.45) is 0.913. The molecule has 1 rings (SSSR count). The van der Waals surface area contributed by atoms with E-state index in [9.17, 15) is 0 Å². The minimum atomic E-state index is 0.0807. The molecule has 56 valence electrons. The van der Waals surface area contributed by atoms with Crippen LogP contribution < -0.4 is 5.73 Å². The van der Waals surface area contributed by atoms with E-state index in [1.807, 2.05) is 12.3 Å². The van der Waals surface area contributed by atoms with Gasteiger partial charge in [0.2, 0.25) is 0 Å². The van der Waals surface area contributed by atoms with Gasteiger partial charge >= 0.3 is 0 Å². The summed E-state index contributed by atoms with van der Waals surface area (Å²) < 4.78 is 0. The van der Waals surface area contributed by atoms with Crippen molar-refractivity contribution >= 4 is 11.3 Å². The second-order valence-corrected chi connectivity index (χ2v) is 3.12. The van der Waals surface area contributed by atoms with E-state index in [0.717, 1.165) is 12.0 Å². The number of hydrogen-bond acceptors (Lipinski definition) is 3. The first kappa shape index (κ1) is 7.57. The van der Waals surface area contributed by atoms with Crippen LogP contribution in [0.3, 0.4) is 0 Å². The molecule has 0 radical (unpaired) electrons. The van der Waals surface area contributed by atoms with Crippen LogP contribution in [0.5, 0.6) is 5.06 Å². The monoisotopic (exact) mass is 157 g/mol. The minimum absolute atomic E-state index is 0.0807. The number of aromatic hydroxyl groups is 1. The van der Waals surface area contributed by atoms with E-state index < -0.39 is 0 Å². The first-order valence-corrected chi connectivity index (χ1v) is 4.15. The van der Waals surface area contributed by atoms with Crippen LogP contribution in [0.15, 0.2) is 11.4 Å². The quantitative estimate of drug-likeness (QED) is 0.688. The summed E-state index contributed by atoms with van der Waals surface area (Å²) in [5, 5.41) is 11.2. The third-order valence-corrected chi connectivity index (χ3v) is 2.22. The van der Waals surface area contributed by atoms with E-state index in [4.69, 9.17) is 10.8 Å². The van der Waals surface area contributed by atoms with Gasteiger partial charge in [-0.1, -0.05) is 6.92 Å². The van der Waals surface area contributed by atoms with Gasteiger partial charge in [0.25, 0.3) is 0 Å². The van der Waals surface area contributed by atoms with Gasteiger partial charge in [0, 0.05) is 6.04 Å². The largest absolute Gasteiger partial charge is 0.499 e. The van der Waals surface area contributed by atoms with E-state index in [1.165, 1.54) is 11.3 Å². The van der Waals surface area contributed by atoms with Crippen molar-refractivity contribution < 1.29 is 5.11 Å². The molecule has 3 N–H and O–H groups in total. The molecule has 0 aromatic carbocycles. The first-order chi connectivity index (χ1) is 4.74.